The Morgan fingerprint density at radius 1 is 1.10 bits per heavy atom. The highest BCUT2D eigenvalue weighted by molar-refractivity contribution is 5.39. The van der Waals surface area contributed by atoms with E-state index in [9.17, 15) is 0 Å². The number of piperazine rings is 1. The lowest BCUT2D eigenvalue weighted by Gasteiger charge is -2.40. The first kappa shape index (κ1) is 13.1. The molecule has 0 aliphatic carbocycles. The normalized spacial score (nSPS) is 20.1. The molecule has 1 aliphatic heterocycles. The molecular weight excluding hydrogens is 248 g/mol. The van der Waals surface area contributed by atoms with Gasteiger partial charge in [0.1, 0.15) is 11.6 Å². The number of hydrogen-bond donors (Lipinski definition) is 0. The maximum atomic E-state index is 4.55. The van der Waals surface area contributed by atoms with Gasteiger partial charge in [0.25, 0.3) is 0 Å². The molecule has 0 unspecified atom stereocenters. The van der Waals surface area contributed by atoms with Gasteiger partial charge in [0.2, 0.25) is 0 Å². The lowest BCUT2D eigenvalue weighted by atomic mass is 10.0. The number of anilines is 1. The van der Waals surface area contributed by atoms with Crippen molar-refractivity contribution in [3.05, 3.63) is 54.0 Å². The summed E-state index contributed by atoms with van der Waals surface area (Å²) in [6, 6.07) is 13.1. The third kappa shape index (κ3) is 2.65. The highest BCUT2D eigenvalue weighted by Gasteiger charge is 2.26. The van der Waals surface area contributed by atoms with Crippen LogP contribution in [0.25, 0.3) is 0 Å². The molecule has 0 radical (unpaired) electrons. The zero-order chi connectivity index (χ0) is 13.9. The minimum atomic E-state index is 0.417. The molecule has 1 atom stereocenters. The van der Waals surface area contributed by atoms with Gasteiger partial charge >= 0.3 is 0 Å². The third-order valence-electron chi connectivity index (χ3n) is 3.92. The Morgan fingerprint density at radius 2 is 1.90 bits per heavy atom. The van der Waals surface area contributed by atoms with Gasteiger partial charge in [-0.3, -0.25) is 4.90 Å². The SMILES string of the molecule is Cc1nccc(N2CCN(C)[C@H](c3ccccc3)C2)n1. The van der Waals surface area contributed by atoms with E-state index >= 15 is 0 Å². The van der Waals surface area contributed by atoms with Crippen LogP contribution >= 0.6 is 0 Å². The van der Waals surface area contributed by atoms with E-state index in [0.717, 1.165) is 31.3 Å². The van der Waals surface area contributed by atoms with Crippen LogP contribution in [0, 0.1) is 6.92 Å². The summed E-state index contributed by atoms with van der Waals surface area (Å²) in [5, 5.41) is 0. The molecule has 104 valence electrons. The molecule has 1 fully saturated rings. The van der Waals surface area contributed by atoms with Gasteiger partial charge in [-0.1, -0.05) is 30.3 Å². The fourth-order valence-corrected chi connectivity index (χ4v) is 2.74. The zero-order valence-electron chi connectivity index (χ0n) is 12.0. The molecule has 0 amide bonds. The van der Waals surface area contributed by atoms with Crippen molar-refractivity contribution in [2.75, 3.05) is 31.6 Å². The van der Waals surface area contributed by atoms with E-state index in [0.29, 0.717) is 6.04 Å². The van der Waals surface area contributed by atoms with Gasteiger partial charge in [0, 0.05) is 25.8 Å². The molecule has 0 spiro atoms. The Labute approximate surface area is 120 Å². The van der Waals surface area contributed by atoms with Crippen molar-refractivity contribution < 1.29 is 0 Å². The average Bonchev–Trinajstić information content (AvgIpc) is 2.48. The van der Waals surface area contributed by atoms with Gasteiger partial charge in [0.05, 0.1) is 6.04 Å². The van der Waals surface area contributed by atoms with Crippen molar-refractivity contribution in [2.24, 2.45) is 0 Å². The lowest BCUT2D eigenvalue weighted by molar-refractivity contribution is 0.220. The van der Waals surface area contributed by atoms with E-state index in [-0.39, 0.29) is 0 Å². The largest absolute Gasteiger partial charge is 0.353 e. The Bertz CT molecular complexity index is 570. The molecule has 0 N–H and O–H groups in total. The number of hydrogen-bond acceptors (Lipinski definition) is 4. The van der Waals surface area contributed by atoms with E-state index in [2.05, 4.69) is 57.1 Å². The summed E-state index contributed by atoms with van der Waals surface area (Å²) in [5.41, 5.74) is 1.37. The van der Waals surface area contributed by atoms with Crippen molar-refractivity contribution in [3.63, 3.8) is 0 Å². The molecule has 1 saturated heterocycles. The molecule has 2 heterocycles. The van der Waals surface area contributed by atoms with Gasteiger partial charge in [-0.05, 0) is 25.6 Å². The summed E-state index contributed by atoms with van der Waals surface area (Å²) >= 11 is 0. The first-order valence-electron chi connectivity index (χ1n) is 7.04. The molecule has 1 aliphatic rings. The quantitative estimate of drug-likeness (QED) is 0.836. The highest BCUT2D eigenvalue weighted by atomic mass is 15.3. The van der Waals surface area contributed by atoms with E-state index in [1.165, 1.54) is 5.56 Å². The summed E-state index contributed by atoms with van der Waals surface area (Å²) < 4.78 is 0. The van der Waals surface area contributed by atoms with Gasteiger partial charge < -0.3 is 4.90 Å². The first-order chi connectivity index (χ1) is 9.74. The van der Waals surface area contributed by atoms with Gasteiger partial charge in [0.15, 0.2) is 0 Å². The molecule has 20 heavy (non-hydrogen) atoms. The molecular formula is C16H20N4. The number of benzene rings is 1. The van der Waals surface area contributed by atoms with Crippen LogP contribution in [-0.2, 0) is 0 Å². The number of likely N-dealkylation sites (N-methyl/N-ethyl adjacent to an activating group) is 1. The molecule has 1 aromatic heterocycles. The van der Waals surface area contributed by atoms with Crippen LogP contribution in [0.2, 0.25) is 0 Å². The van der Waals surface area contributed by atoms with Crippen LogP contribution in [0.4, 0.5) is 5.82 Å². The van der Waals surface area contributed by atoms with Gasteiger partial charge in [-0.15, -0.1) is 0 Å². The van der Waals surface area contributed by atoms with Crippen molar-refractivity contribution in [2.45, 2.75) is 13.0 Å². The van der Waals surface area contributed by atoms with Crippen LogP contribution in [0.3, 0.4) is 0 Å². The second kappa shape index (κ2) is 5.59. The maximum Gasteiger partial charge on any atom is 0.132 e. The predicted octanol–water partition coefficient (Wildman–Crippen LogP) is 2.28. The van der Waals surface area contributed by atoms with E-state index in [1.54, 1.807) is 0 Å². The maximum absolute atomic E-state index is 4.55. The van der Waals surface area contributed by atoms with Crippen LogP contribution < -0.4 is 4.90 Å². The fraction of sp³-hybridized carbons (Fsp3) is 0.375. The van der Waals surface area contributed by atoms with Crippen molar-refractivity contribution in [1.29, 1.82) is 0 Å². The summed E-state index contributed by atoms with van der Waals surface area (Å²) in [5.74, 6) is 1.87. The number of aromatic nitrogens is 2. The zero-order valence-corrected chi connectivity index (χ0v) is 12.0. The predicted molar refractivity (Wildman–Crippen MR) is 80.8 cm³/mol. The van der Waals surface area contributed by atoms with E-state index in [4.69, 9.17) is 0 Å². The lowest BCUT2D eigenvalue weighted by Crippen LogP contribution is -2.47. The summed E-state index contributed by atoms with van der Waals surface area (Å²) in [6.07, 6.45) is 1.84. The monoisotopic (exact) mass is 268 g/mol. The van der Waals surface area contributed by atoms with Crippen LogP contribution in [-0.4, -0.2) is 41.5 Å². The van der Waals surface area contributed by atoms with Gasteiger partial charge in [-0.2, -0.15) is 0 Å². The first-order valence-corrected chi connectivity index (χ1v) is 7.04. The fourth-order valence-electron chi connectivity index (χ4n) is 2.74. The van der Waals surface area contributed by atoms with Crippen molar-refractivity contribution >= 4 is 5.82 Å². The van der Waals surface area contributed by atoms with Crippen LogP contribution in [0.5, 0.6) is 0 Å². The Kier molecular flexibility index (Phi) is 3.65. The second-order valence-corrected chi connectivity index (χ2v) is 5.32. The molecule has 0 bridgehead atoms. The molecule has 0 saturated carbocycles. The van der Waals surface area contributed by atoms with Crippen molar-refractivity contribution in [3.8, 4) is 0 Å². The number of aryl methyl sites for hydroxylation is 1. The second-order valence-electron chi connectivity index (χ2n) is 5.32. The molecule has 3 rings (SSSR count). The van der Waals surface area contributed by atoms with Crippen LogP contribution in [0.1, 0.15) is 17.4 Å². The third-order valence-corrected chi connectivity index (χ3v) is 3.92. The molecule has 4 heteroatoms. The molecule has 2 aromatic rings. The Hall–Kier alpha value is -1.94. The van der Waals surface area contributed by atoms with Crippen molar-refractivity contribution in [1.82, 2.24) is 14.9 Å². The Morgan fingerprint density at radius 3 is 2.65 bits per heavy atom. The smallest absolute Gasteiger partial charge is 0.132 e. The topological polar surface area (TPSA) is 32.3 Å². The van der Waals surface area contributed by atoms with Crippen LogP contribution in [0.15, 0.2) is 42.6 Å². The number of nitrogens with zero attached hydrogens (tertiary/aromatic N) is 4. The molecule has 1 aromatic carbocycles. The molecule has 4 nitrogen and oxygen atoms in total. The minimum Gasteiger partial charge on any atom is -0.353 e. The van der Waals surface area contributed by atoms with E-state index in [1.807, 2.05) is 19.2 Å². The average molecular weight is 268 g/mol. The standard InChI is InChI=1S/C16H20N4/c1-13-17-9-8-16(18-13)20-11-10-19(2)15(12-20)14-6-4-3-5-7-14/h3-9,15H,10-12H2,1-2H3/t15-/m0/s1. The number of rotatable bonds is 2. The summed E-state index contributed by atoms with van der Waals surface area (Å²) in [7, 11) is 2.19. The summed E-state index contributed by atoms with van der Waals surface area (Å²) in [4.78, 5) is 13.5. The highest BCUT2D eigenvalue weighted by Crippen LogP contribution is 2.26. The van der Waals surface area contributed by atoms with Gasteiger partial charge in [-0.25, -0.2) is 9.97 Å². The minimum absolute atomic E-state index is 0.417. The van der Waals surface area contributed by atoms with E-state index < -0.39 is 0 Å². The summed E-state index contributed by atoms with van der Waals surface area (Å²) in [6.45, 7) is 4.96. The Balaban J connectivity index is 1.83.